The van der Waals surface area contributed by atoms with E-state index in [1.807, 2.05) is 20.8 Å². The minimum absolute atomic E-state index is 0.0783. The van der Waals surface area contributed by atoms with E-state index in [4.69, 9.17) is 0 Å². The summed E-state index contributed by atoms with van der Waals surface area (Å²) in [7, 11) is 0. The molecule has 2 aliphatic carbocycles. The minimum atomic E-state index is -0.115. The molecule has 0 amide bonds. The fourth-order valence-corrected chi connectivity index (χ4v) is 3.34. The van der Waals surface area contributed by atoms with Crippen molar-refractivity contribution in [2.75, 3.05) is 0 Å². The summed E-state index contributed by atoms with van der Waals surface area (Å²) in [5, 5.41) is 10.2. The molecule has 0 radical (unpaired) electrons. The number of rotatable bonds is 2. The van der Waals surface area contributed by atoms with Crippen LogP contribution in [0, 0.1) is 5.41 Å². The fourth-order valence-electron chi connectivity index (χ4n) is 3.34. The first kappa shape index (κ1) is 14.3. The lowest BCUT2D eigenvalue weighted by Crippen LogP contribution is -2.80. The molecule has 106 valence electrons. The van der Waals surface area contributed by atoms with Crippen LogP contribution in [0.5, 0.6) is 0 Å². The Balaban J connectivity index is 2.19. The van der Waals surface area contributed by atoms with Crippen LogP contribution in [0.4, 0.5) is 0 Å². The number of hydrogen-bond acceptors (Lipinski definition) is 2. The highest BCUT2D eigenvalue weighted by Gasteiger charge is 2.36. The van der Waals surface area contributed by atoms with Crippen LogP contribution in [0.1, 0.15) is 65.7 Å². The smallest absolute Gasteiger partial charge is 0.185 e. The Bertz CT molecular complexity index is 426. The summed E-state index contributed by atoms with van der Waals surface area (Å²) in [4.78, 5) is 15.7. The third-order valence-electron chi connectivity index (χ3n) is 4.25. The molecule has 0 aromatic rings. The van der Waals surface area contributed by atoms with Gasteiger partial charge >= 0.3 is 0 Å². The zero-order chi connectivity index (χ0) is 14.0. The zero-order valence-corrected chi connectivity index (χ0v) is 12.4. The van der Waals surface area contributed by atoms with Crippen molar-refractivity contribution in [3.8, 4) is 0 Å². The molecular weight excluding hydrogens is 238 g/mol. The van der Waals surface area contributed by atoms with E-state index < -0.39 is 0 Å². The molecule has 1 saturated carbocycles. The summed E-state index contributed by atoms with van der Waals surface area (Å²) in [6, 6.07) is 0.469. The molecule has 19 heavy (non-hydrogen) atoms. The van der Waals surface area contributed by atoms with Crippen molar-refractivity contribution >= 4 is 11.5 Å². The monoisotopic (exact) mass is 264 g/mol. The topological polar surface area (TPSA) is 51.3 Å². The van der Waals surface area contributed by atoms with Crippen LogP contribution in [-0.4, -0.2) is 22.6 Å². The predicted octanol–water partition coefficient (Wildman–Crippen LogP) is 2.06. The second kappa shape index (κ2) is 5.48. The number of carbonyl (C=O) groups is 1. The average molecular weight is 264 g/mol. The van der Waals surface area contributed by atoms with Crippen LogP contribution >= 0.6 is 0 Å². The Labute approximate surface area is 115 Å². The van der Waals surface area contributed by atoms with Crippen molar-refractivity contribution in [2.45, 2.75) is 71.8 Å². The second-order valence-electron chi connectivity index (χ2n) is 6.87. The van der Waals surface area contributed by atoms with E-state index in [1.165, 1.54) is 32.1 Å². The number of allylic oxidation sites excluding steroid dienone is 2. The van der Waals surface area contributed by atoms with E-state index in [0.29, 0.717) is 24.5 Å². The summed E-state index contributed by atoms with van der Waals surface area (Å²) in [5.41, 5.74) is 1.30. The molecule has 0 aromatic carbocycles. The fraction of sp³-hybridized carbons (Fsp3) is 0.750. The SMILES string of the molecule is CC(=[NH+]C1CCCCC1)C1=C(O)CC(C)(C)CC1=O. The lowest BCUT2D eigenvalue weighted by Gasteiger charge is -2.28. The molecule has 0 atom stereocenters. The Kier molecular flexibility index (Phi) is 4.12. The zero-order valence-electron chi connectivity index (χ0n) is 12.4. The summed E-state index contributed by atoms with van der Waals surface area (Å²) in [6.07, 6.45) is 7.30. The van der Waals surface area contributed by atoms with Crippen molar-refractivity contribution in [1.29, 1.82) is 0 Å². The van der Waals surface area contributed by atoms with Gasteiger partial charge in [0.25, 0.3) is 0 Å². The highest BCUT2D eigenvalue weighted by atomic mass is 16.3. The van der Waals surface area contributed by atoms with Gasteiger partial charge in [-0.25, -0.2) is 4.99 Å². The van der Waals surface area contributed by atoms with E-state index in [-0.39, 0.29) is 17.0 Å². The quantitative estimate of drug-likeness (QED) is 0.750. The molecule has 3 heteroatoms. The van der Waals surface area contributed by atoms with Crippen molar-refractivity contribution in [3.63, 3.8) is 0 Å². The standard InChI is InChI=1S/C16H25NO2/c1-11(17-12-7-5-4-6-8-12)15-13(18)9-16(2,3)10-14(15)19/h12,18H,4-10H2,1-3H3/p+1. The molecular formula is C16H26NO2+. The third kappa shape index (κ3) is 3.46. The Hall–Kier alpha value is -1.12. The van der Waals surface area contributed by atoms with Crippen molar-refractivity contribution in [2.24, 2.45) is 5.41 Å². The number of Topliss-reactive ketones (excluding diaryl/α,β-unsaturated/α-hetero) is 1. The predicted molar refractivity (Wildman–Crippen MR) is 76.2 cm³/mol. The largest absolute Gasteiger partial charge is 0.511 e. The molecule has 0 unspecified atom stereocenters. The van der Waals surface area contributed by atoms with Gasteiger partial charge in [0.2, 0.25) is 0 Å². The van der Waals surface area contributed by atoms with Gasteiger partial charge in [0.15, 0.2) is 17.5 Å². The number of carbonyl (C=O) groups excluding carboxylic acids is 1. The lowest BCUT2D eigenvalue weighted by atomic mass is 9.75. The maximum atomic E-state index is 12.2. The number of aliphatic hydroxyl groups is 1. The number of hydrogen-bond donors (Lipinski definition) is 2. The van der Waals surface area contributed by atoms with E-state index in [9.17, 15) is 9.90 Å². The van der Waals surface area contributed by atoms with Gasteiger partial charge in [-0.2, -0.15) is 0 Å². The second-order valence-corrected chi connectivity index (χ2v) is 6.87. The van der Waals surface area contributed by atoms with Crippen molar-refractivity contribution in [1.82, 2.24) is 0 Å². The average Bonchev–Trinajstić information content (AvgIpc) is 2.27. The molecule has 2 rings (SSSR count). The summed E-state index contributed by atoms with van der Waals surface area (Å²) in [6.45, 7) is 5.99. The van der Waals surface area contributed by atoms with Gasteiger partial charge in [-0.05, 0) is 18.3 Å². The van der Waals surface area contributed by atoms with Gasteiger partial charge in [-0.1, -0.05) is 20.3 Å². The maximum absolute atomic E-state index is 12.2. The summed E-state index contributed by atoms with van der Waals surface area (Å²) < 4.78 is 0. The van der Waals surface area contributed by atoms with E-state index in [0.717, 1.165) is 5.71 Å². The Morgan fingerprint density at radius 3 is 2.42 bits per heavy atom. The van der Waals surface area contributed by atoms with Gasteiger partial charge in [-0.3, -0.25) is 4.79 Å². The summed E-state index contributed by atoms with van der Waals surface area (Å²) in [5.74, 6) is 0.344. The number of aliphatic hydroxyl groups excluding tert-OH is 1. The third-order valence-corrected chi connectivity index (χ3v) is 4.25. The van der Waals surface area contributed by atoms with Crippen LogP contribution in [0.2, 0.25) is 0 Å². The molecule has 2 N–H and O–H groups in total. The van der Waals surface area contributed by atoms with E-state index >= 15 is 0 Å². The normalized spacial score (nSPS) is 25.8. The van der Waals surface area contributed by atoms with Crippen molar-refractivity contribution < 1.29 is 14.9 Å². The molecule has 0 heterocycles. The summed E-state index contributed by atoms with van der Waals surface area (Å²) >= 11 is 0. The van der Waals surface area contributed by atoms with E-state index in [1.54, 1.807) is 0 Å². The van der Waals surface area contributed by atoms with Crippen LogP contribution in [0.3, 0.4) is 0 Å². The maximum Gasteiger partial charge on any atom is 0.185 e. The molecule has 0 spiro atoms. The molecule has 1 fully saturated rings. The highest BCUT2D eigenvalue weighted by molar-refractivity contribution is 6.20. The molecule has 0 aliphatic heterocycles. The number of ketones is 1. The van der Waals surface area contributed by atoms with Crippen LogP contribution in [0.15, 0.2) is 11.3 Å². The van der Waals surface area contributed by atoms with Crippen LogP contribution < -0.4 is 4.99 Å². The van der Waals surface area contributed by atoms with Crippen LogP contribution in [-0.2, 0) is 4.79 Å². The van der Waals surface area contributed by atoms with Gasteiger partial charge in [0.05, 0.1) is 0 Å². The number of nitrogens with one attached hydrogen (secondary N) is 1. The van der Waals surface area contributed by atoms with Gasteiger partial charge in [-0.15, -0.1) is 0 Å². The lowest BCUT2D eigenvalue weighted by molar-refractivity contribution is -0.507. The Morgan fingerprint density at radius 1 is 1.21 bits per heavy atom. The molecule has 3 nitrogen and oxygen atoms in total. The first-order valence-electron chi connectivity index (χ1n) is 7.45. The molecule has 0 saturated heterocycles. The van der Waals surface area contributed by atoms with Crippen LogP contribution in [0.25, 0.3) is 0 Å². The van der Waals surface area contributed by atoms with Gasteiger partial charge < -0.3 is 5.11 Å². The molecule has 0 bridgehead atoms. The van der Waals surface area contributed by atoms with Gasteiger partial charge in [0, 0.05) is 32.6 Å². The first-order chi connectivity index (χ1) is 8.89. The molecule has 2 aliphatic rings. The Morgan fingerprint density at radius 2 is 1.84 bits per heavy atom. The van der Waals surface area contributed by atoms with Gasteiger partial charge in [0.1, 0.15) is 11.3 Å². The minimum Gasteiger partial charge on any atom is -0.511 e. The highest BCUT2D eigenvalue weighted by Crippen LogP contribution is 2.35. The molecule has 0 aromatic heterocycles. The van der Waals surface area contributed by atoms with E-state index in [2.05, 4.69) is 4.99 Å². The first-order valence-corrected chi connectivity index (χ1v) is 7.45. The van der Waals surface area contributed by atoms with Crippen molar-refractivity contribution in [3.05, 3.63) is 11.3 Å².